The predicted molar refractivity (Wildman–Crippen MR) is 100 cm³/mol. The van der Waals surface area contributed by atoms with Gasteiger partial charge in [0.1, 0.15) is 5.75 Å². The van der Waals surface area contributed by atoms with E-state index in [2.05, 4.69) is 34.8 Å². The number of fused-ring (bicyclic) bond motifs is 2. The Balaban J connectivity index is 1.32. The van der Waals surface area contributed by atoms with E-state index in [4.69, 9.17) is 4.74 Å². The molecule has 3 aliphatic rings. The first-order chi connectivity index (χ1) is 12.8. The first-order valence-corrected chi connectivity index (χ1v) is 9.29. The van der Waals surface area contributed by atoms with Crippen LogP contribution in [0.4, 0.5) is 0 Å². The van der Waals surface area contributed by atoms with Crippen molar-refractivity contribution in [3.8, 4) is 5.75 Å². The molecule has 5 rings (SSSR count). The molecular weight excluding hydrogens is 324 g/mol. The van der Waals surface area contributed by atoms with Crippen molar-refractivity contribution in [2.24, 2.45) is 22.4 Å². The number of nitrogens with zero attached hydrogens (tertiary/aromatic N) is 1. The van der Waals surface area contributed by atoms with Crippen LogP contribution in [0.25, 0.3) is 0 Å². The summed E-state index contributed by atoms with van der Waals surface area (Å²) in [5.41, 5.74) is 4.98. The fourth-order valence-corrected chi connectivity index (χ4v) is 5.84. The van der Waals surface area contributed by atoms with Crippen LogP contribution in [-0.2, 0) is 10.2 Å². The highest BCUT2D eigenvalue weighted by atomic mass is 16.5. The van der Waals surface area contributed by atoms with E-state index in [1.807, 2.05) is 30.3 Å². The maximum Gasteiger partial charge on any atom is 0.247 e. The van der Waals surface area contributed by atoms with Crippen molar-refractivity contribution in [3.63, 3.8) is 0 Å². The summed E-state index contributed by atoms with van der Waals surface area (Å²) in [5.74, 6) is 1.89. The second-order valence-corrected chi connectivity index (χ2v) is 7.61. The van der Waals surface area contributed by atoms with Crippen LogP contribution in [0.1, 0.15) is 30.4 Å². The summed E-state index contributed by atoms with van der Waals surface area (Å²) in [6.45, 7) is 0. The number of carbonyl (C=O) groups excluding carboxylic acids is 1. The molecule has 1 amide bonds. The van der Waals surface area contributed by atoms with Gasteiger partial charge < -0.3 is 4.74 Å². The van der Waals surface area contributed by atoms with Crippen LogP contribution in [0.2, 0.25) is 0 Å². The summed E-state index contributed by atoms with van der Waals surface area (Å²) < 4.78 is 5.15. The molecule has 4 heteroatoms. The van der Waals surface area contributed by atoms with E-state index in [0.29, 0.717) is 11.8 Å². The van der Waals surface area contributed by atoms with E-state index in [9.17, 15) is 4.79 Å². The lowest BCUT2D eigenvalue weighted by Crippen LogP contribution is -2.31. The number of ether oxygens (including phenoxy) is 1. The highest BCUT2D eigenvalue weighted by Crippen LogP contribution is 2.97. The zero-order chi connectivity index (χ0) is 17.8. The molecule has 3 fully saturated rings. The van der Waals surface area contributed by atoms with Gasteiger partial charge in [-0.1, -0.05) is 36.8 Å². The molecule has 2 aromatic carbocycles. The Morgan fingerprint density at radius 1 is 1.12 bits per heavy atom. The van der Waals surface area contributed by atoms with Gasteiger partial charge in [0.2, 0.25) is 5.91 Å². The van der Waals surface area contributed by atoms with E-state index < -0.39 is 0 Å². The number of hydrogen-bond acceptors (Lipinski definition) is 3. The molecule has 26 heavy (non-hydrogen) atoms. The average molecular weight is 346 g/mol. The Kier molecular flexibility index (Phi) is 3.27. The minimum Gasteiger partial charge on any atom is -0.497 e. The van der Waals surface area contributed by atoms with Gasteiger partial charge in [-0.2, -0.15) is 5.10 Å². The third-order valence-electron chi connectivity index (χ3n) is 6.82. The highest BCUT2D eigenvalue weighted by molar-refractivity contribution is 5.97. The molecule has 0 radical (unpaired) electrons. The van der Waals surface area contributed by atoms with Crippen LogP contribution in [0.15, 0.2) is 59.7 Å². The number of rotatable bonds is 5. The number of methoxy groups -OCH3 is 1. The molecule has 0 unspecified atom stereocenters. The van der Waals surface area contributed by atoms with Crippen molar-refractivity contribution in [2.45, 2.75) is 24.7 Å². The van der Waals surface area contributed by atoms with Crippen molar-refractivity contribution in [2.75, 3.05) is 7.11 Å². The molecule has 0 aromatic heterocycles. The van der Waals surface area contributed by atoms with Crippen molar-refractivity contribution >= 4 is 12.1 Å². The summed E-state index contributed by atoms with van der Waals surface area (Å²) in [7, 11) is 1.64. The third-order valence-corrected chi connectivity index (χ3v) is 6.82. The molecule has 132 valence electrons. The minimum absolute atomic E-state index is 0.0895. The average Bonchev–Trinajstić information content (AvgIpc) is 3.56. The van der Waals surface area contributed by atoms with Crippen LogP contribution in [0.5, 0.6) is 5.75 Å². The number of hydrogen-bond donors (Lipinski definition) is 1. The normalized spacial score (nSPS) is 33.4. The Hall–Kier alpha value is -2.62. The van der Waals surface area contributed by atoms with E-state index in [1.165, 1.54) is 12.0 Å². The molecule has 0 heterocycles. The molecule has 0 bridgehead atoms. The van der Waals surface area contributed by atoms with Crippen molar-refractivity contribution in [3.05, 3.63) is 65.7 Å². The van der Waals surface area contributed by atoms with Gasteiger partial charge in [-0.05, 0) is 60.1 Å². The Bertz CT molecular complexity index is 861. The Morgan fingerprint density at radius 3 is 2.46 bits per heavy atom. The number of carbonyl (C=O) groups is 1. The van der Waals surface area contributed by atoms with Gasteiger partial charge in [-0.15, -0.1) is 0 Å². The fourth-order valence-electron chi connectivity index (χ4n) is 5.84. The summed E-state index contributed by atoms with van der Waals surface area (Å²) in [6, 6.07) is 18.2. The fraction of sp³-hybridized carbons (Fsp3) is 0.364. The van der Waals surface area contributed by atoms with E-state index in [0.717, 1.165) is 24.2 Å². The molecule has 0 saturated heterocycles. The summed E-state index contributed by atoms with van der Waals surface area (Å²) in [4.78, 5) is 13.0. The van der Waals surface area contributed by atoms with Crippen LogP contribution in [-0.4, -0.2) is 19.2 Å². The molecule has 2 atom stereocenters. The number of nitrogens with one attached hydrogen (secondary N) is 1. The molecule has 2 aromatic rings. The topological polar surface area (TPSA) is 50.7 Å². The molecule has 3 saturated carbocycles. The summed E-state index contributed by atoms with van der Waals surface area (Å²) in [6.07, 6.45) is 5.24. The largest absolute Gasteiger partial charge is 0.497 e. The lowest BCUT2D eigenvalue weighted by atomic mass is 9.77. The lowest BCUT2D eigenvalue weighted by Gasteiger charge is -2.27. The van der Waals surface area contributed by atoms with Crippen molar-refractivity contribution in [1.82, 2.24) is 5.43 Å². The highest BCUT2D eigenvalue weighted by Gasteiger charge is 3.01. The van der Waals surface area contributed by atoms with Gasteiger partial charge in [-0.3, -0.25) is 4.79 Å². The number of amides is 1. The molecule has 3 aliphatic carbocycles. The molecule has 0 aliphatic heterocycles. The molecular formula is C22H22N2O2. The van der Waals surface area contributed by atoms with E-state index in [-0.39, 0.29) is 16.7 Å². The van der Waals surface area contributed by atoms with Crippen LogP contribution in [0, 0.1) is 17.3 Å². The second-order valence-electron chi connectivity index (χ2n) is 7.61. The number of benzene rings is 2. The monoisotopic (exact) mass is 346 g/mol. The molecule has 4 nitrogen and oxygen atoms in total. The quantitative estimate of drug-likeness (QED) is 0.665. The van der Waals surface area contributed by atoms with Crippen LogP contribution in [0.3, 0.4) is 0 Å². The Morgan fingerprint density at radius 2 is 1.81 bits per heavy atom. The Labute approximate surface area is 153 Å². The summed E-state index contributed by atoms with van der Waals surface area (Å²) >= 11 is 0. The maximum absolute atomic E-state index is 13.0. The van der Waals surface area contributed by atoms with E-state index >= 15 is 0 Å². The second kappa shape index (κ2) is 5.44. The van der Waals surface area contributed by atoms with Crippen LogP contribution >= 0.6 is 0 Å². The van der Waals surface area contributed by atoms with Gasteiger partial charge in [0, 0.05) is 5.41 Å². The van der Waals surface area contributed by atoms with Crippen molar-refractivity contribution < 1.29 is 9.53 Å². The van der Waals surface area contributed by atoms with Gasteiger partial charge in [0.25, 0.3) is 0 Å². The number of hydrazone groups is 1. The maximum atomic E-state index is 13.0. The smallest absolute Gasteiger partial charge is 0.247 e. The van der Waals surface area contributed by atoms with Crippen LogP contribution < -0.4 is 10.2 Å². The SMILES string of the molecule is COc1ccc(/C=N\NC(=O)C23[C@@H]4CCC[C@@H]2C43c2ccccc2)cc1. The third kappa shape index (κ3) is 1.79. The van der Waals surface area contributed by atoms with Gasteiger partial charge in [-0.25, -0.2) is 5.43 Å². The first-order valence-electron chi connectivity index (χ1n) is 9.29. The van der Waals surface area contributed by atoms with Gasteiger partial charge in [0.15, 0.2) is 0 Å². The lowest BCUT2D eigenvalue weighted by molar-refractivity contribution is -0.126. The predicted octanol–water partition coefficient (Wildman–Crippen LogP) is 3.51. The summed E-state index contributed by atoms with van der Waals surface area (Å²) in [5, 5.41) is 4.22. The minimum atomic E-state index is -0.205. The molecule has 0 spiro atoms. The van der Waals surface area contributed by atoms with Gasteiger partial charge in [0.05, 0.1) is 18.7 Å². The zero-order valence-corrected chi connectivity index (χ0v) is 14.8. The first kappa shape index (κ1) is 15.6. The standard InChI is InChI=1S/C22H22N2O2/c1-26-17-12-10-15(11-13-17)14-23-24-20(25)22-18-8-5-9-19(22)21(18,22)16-6-3-2-4-7-16/h2-4,6-7,10-14,18-19H,5,8-9H2,1H3,(H,24,25)/b23-14-/t18-,19-,21?,22?/m1/s1. The molecule has 1 N–H and O–H groups in total. The van der Waals surface area contributed by atoms with E-state index in [1.54, 1.807) is 13.3 Å². The van der Waals surface area contributed by atoms with Crippen molar-refractivity contribution in [1.29, 1.82) is 0 Å². The van der Waals surface area contributed by atoms with Gasteiger partial charge >= 0.3 is 0 Å². The zero-order valence-electron chi connectivity index (χ0n) is 14.8.